The average molecular weight is 347 g/mol. The van der Waals surface area contributed by atoms with E-state index in [0.717, 1.165) is 0 Å². The van der Waals surface area contributed by atoms with Crippen LogP contribution in [-0.2, 0) is 28.5 Å². The van der Waals surface area contributed by atoms with Gasteiger partial charge >= 0.3 is 151 Å². The van der Waals surface area contributed by atoms with Crippen LogP contribution in [0.4, 0.5) is 0 Å². The van der Waals surface area contributed by atoms with Crippen LogP contribution < -0.4 is 0 Å². The van der Waals surface area contributed by atoms with Gasteiger partial charge in [0.2, 0.25) is 0 Å². The zero-order valence-corrected chi connectivity index (χ0v) is 17.4. The maximum absolute atomic E-state index is 11.6. The van der Waals surface area contributed by atoms with E-state index < -0.39 is 43.9 Å². The molecule has 0 aromatic rings. The molecule has 0 aromatic carbocycles. The first-order chi connectivity index (χ1) is 9.40. The first-order valence-corrected chi connectivity index (χ1v) is 9.52. The second-order valence-electron chi connectivity index (χ2n) is 5.74. The van der Waals surface area contributed by atoms with E-state index in [0.29, 0.717) is 0 Å². The Morgan fingerprint density at radius 2 is 0.909 bits per heavy atom. The minimum absolute atomic E-state index is 0. The second kappa shape index (κ2) is 9.42. The van der Waals surface area contributed by atoms with Crippen LogP contribution in [0.25, 0.3) is 0 Å². The molecule has 0 saturated heterocycles. The minimum Gasteiger partial charge on any atom is 2.00 e. The fourth-order valence-electron chi connectivity index (χ4n) is 2.16. The van der Waals surface area contributed by atoms with E-state index in [-0.39, 0.29) is 23.1 Å². The van der Waals surface area contributed by atoms with Crippen LogP contribution in [0, 0.1) is 0 Å². The number of carbonyl (C=O) groups excluding carboxylic acids is 2. The molecule has 0 N–H and O–H groups in total. The van der Waals surface area contributed by atoms with Crippen molar-refractivity contribution in [3.8, 4) is 0 Å². The summed E-state index contributed by atoms with van der Waals surface area (Å²) < 4.78 is 27.7. The largest absolute Gasteiger partial charge is 2.00 e. The maximum atomic E-state index is 11.6. The molecule has 126 valence electrons. The molecule has 0 aliphatic carbocycles. The van der Waals surface area contributed by atoms with Gasteiger partial charge in [-0.2, -0.15) is 0 Å². The minimum atomic E-state index is -5.46. The molecule has 0 atom stereocenters. The predicted octanol–water partition coefficient (Wildman–Crippen LogP) is 1.89. The third kappa shape index (κ3) is 8.11. The maximum Gasteiger partial charge on any atom is 2.00 e. The Morgan fingerprint density at radius 3 is 1.05 bits per heavy atom. The molecule has 0 radical (unpaired) electrons. The summed E-state index contributed by atoms with van der Waals surface area (Å²) in [6.07, 6.45) is -1.32. The number of rotatable bonds is 8. The van der Waals surface area contributed by atoms with Crippen LogP contribution in [0.15, 0.2) is 0 Å². The van der Waals surface area contributed by atoms with Crippen LogP contribution in [0.2, 0.25) is 0 Å². The van der Waals surface area contributed by atoms with Crippen LogP contribution in [0.3, 0.4) is 0 Å². The first-order valence-electron chi connectivity index (χ1n) is 7.17. The van der Waals surface area contributed by atoms with Crippen molar-refractivity contribution < 1.29 is 28.5 Å². The van der Waals surface area contributed by atoms with Gasteiger partial charge in [-0.25, -0.2) is 0 Å². The third-order valence-corrected chi connectivity index (χ3v) is 6.60. The van der Waals surface area contributed by atoms with Gasteiger partial charge in [-0.05, 0) is 0 Å². The van der Waals surface area contributed by atoms with Crippen molar-refractivity contribution in [3.05, 3.63) is 0 Å². The van der Waals surface area contributed by atoms with Crippen LogP contribution in [0.5, 0.6) is 0 Å². The zero-order valence-electron chi connectivity index (χ0n) is 14.9. The first kappa shape index (κ1) is 24.4. The smallest absolute Gasteiger partial charge is 2.00 e. The van der Waals surface area contributed by atoms with Crippen LogP contribution >= 0.6 is 0 Å². The fourth-order valence-corrected chi connectivity index (χ4v) is 6.49. The molecule has 0 saturated carbocycles. The summed E-state index contributed by atoms with van der Waals surface area (Å²) in [7, 11) is 0. The average Bonchev–Trinajstić information content (AvgIpc) is 2.07. The van der Waals surface area contributed by atoms with Crippen LogP contribution in [0.1, 0.15) is 55.4 Å². The van der Waals surface area contributed by atoms with Gasteiger partial charge in [-0.1, -0.05) is 0 Å². The van der Waals surface area contributed by atoms with Gasteiger partial charge < -0.3 is 0 Å². The molecule has 0 spiro atoms. The Morgan fingerprint density at radius 1 is 0.682 bits per heavy atom. The summed E-state index contributed by atoms with van der Waals surface area (Å²) in [6, 6.07) is 0. The topological polar surface area (TPSA) is 80.3 Å². The molecule has 0 unspecified atom stereocenters. The molecule has 0 aromatic heterocycles. The van der Waals surface area contributed by atoms with Crippen molar-refractivity contribution in [2.75, 3.05) is 0 Å². The fraction of sp³-hybridized carbons (Fsp3) is 0.846. The molecule has 0 amide bonds. The molecule has 9 heteroatoms. The molecule has 7 nitrogen and oxygen atoms in total. The summed E-state index contributed by atoms with van der Waals surface area (Å²) in [5.74, 6) is -1.41. The van der Waals surface area contributed by atoms with Crippen molar-refractivity contribution in [3.63, 3.8) is 0 Å². The van der Waals surface area contributed by atoms with Gasteiger partial charge in [0.05, 0.1) is 0 Å². The quantitative estimate of drug-likeness (QED) is 0.621. The van der Waals surface area contributed by atoms with E-state index in [1.807, 2.05) is 0 Å². The Balaban J connectivity index is 0. The van der Waals surface area contributed by atoms with Crippen molar-refractivity contribution in [1.29, 1.82) is 0 Å². The van der Waals surface area contributed by atoms with E-state index >= 15 is 0 Å². The molecule has 0 fully saturated rings. The molecular formula is C13H27AlMgO7. The Labute approximate surface area is 150 Å². The van der Waals surface area contributed by atoms with E-state index in [1.54, 1.807) is 41.5 Å². The van der Waals surface area contributed by atoms with Crippen LogP contribution in [-0.4, -0.2) is 67.0 Å². The SMILES string of the molecule is CC(=O)[O][Al-2]([O]C(C)=O)([O]C(C)C)([O]C(C)C)[O]C(C)C.[Mg+2]. The normalized spacial score (nSPS) is 13.5. The number of hydrogen-bond acceptors (Lipinski definition) is 7. The molecule has 0 aliphatic rings. The van der Waals surface area contributed by atoms with Gasteiger partial charge in [0, 0.05) is 0 Å². The zero-order chi connectivity index (χ0) is 16.9. The van der Waals surface area contributed by atoms with Gasteiger partial charge in [-0.15, -0.1) is 0 Å². The summed E-state index contributed by atoms with van der Waals surface area (Å²) in [4.78, 5) is 23.2. The van der Waals surface area contributed by atoms with Crippen molar-refractivity contribution >= 4 is 48.7 Å². The van der Waals surface area contributed by atoms with E-state index in [9.17, 15) is 9.59 Å². The van der Waals surface area contributed by atoms with Gasteiger partial charge in [0.25, 0.3) is 0 Å². The Kier molecular flexibility index (Phi) is 10.4. The van der Waals surface area contributed by atoms with E-state index in [2.05, 4.69) is 0 Å². The van der Waals surface area contributed by atoms with Gasteiger partial charge in [-0.3, -0.25) is 0 Å². The summed E-state index contributed by atoms with van der Waals surface area (Å²) in [5.41, 5.74) is 0. The number of hydrogen-bond donors (Lipinski definition) is 0. The van der Waals surface area contributed by atoms with Crippen molar-refractivity contribution in [2.24, 2.45) is 0 Å². The van der Waals surface area contributed by atoms with E-state index in [4.69, 9.17) is 18.9 Å². The molecule has 22 heavy (non-hydrogen) atoms. The monoisotopic (exact) mass is 346 g/mol. The summed E-state index contributed by atoms with van der Waals surface area (Å²) in [5, 5.41) is 0. The summed E-state index contributed by atoms with van der Waals surface area (Å²) in [6.45, 7) is 12.6. The molecule has 0 heterocycles. The van der Waals surface area contributed by atoms with Gasteiger partial charge in [0.15, 0.2) is 0 Å². The van der Waals surface area contributed by atoms with Gasteiger partial charge in [0.1, 0.15) is 0 Å². The number of carbonyl (C=O) groups is 2. The third-order valence-electron chi connectivity index (χ3n) is 2.20. The van der Waals surface area contributed by atoms with E-state index in [1.165, 1.54) is 13.8 Å². The molecule has 0 bridgehead atoms. The second-order valence-corrected chi connectivity index (χ2v) is 8.95. The molecule has 0 rings (SSSR count). The molecular weight excluding hydrogens is 319 g/mol. The standard InChI is InChI=1S/3C3H7O.2C2H4O2.Al.Mg/c3*1-3(2)4;2*1-2(3)4;;/h3*3H,1-2H3;2*1H3,(H,3,4);;/q3*-1;;;+3;+2/p-2. The van der Waals surface area contributed by atoms with Crippen molar-refractivity contribution in [2.45, 2.75) is 73.7 Å². The molecule has 0 aliphatic heterocycles. The summed E-state index contributed by atoms with van der Waals surface area (Å²) >= 11 is -5.46. The van der Waals surface area contributed by atoms with Crippen molar-refractivity contribution in [1.82, 2.24) is 0 Å². The predicted molar refractivity (Wildman–Crippen MR) is 83.7 cm³/mol. The Bertz CT molecular complexity index is 335. The Hall–Kier alpha value is 0.119.